The summed E-state index contributed by atoms with van der Waals surface area (Å²) < 4.78 is 9.32. The molecule has 0 saturated carbocycles. The Morgan fingerprint density at radius 3 is 3.00 bits per heavy atom. The standard InChI is InChI=1S/C8H10O4/c1-6(9)11-4-2-7-3-5-12-8(7)10/h3H,2,4-5H2,1H3. The molecule has 1 rings (SSSR count). The van der Waals surface area contributed by atoms with Crippen molar-refractivity contribution in [1.29, 1.82) is 0 Å². The zero-order chi connectivity index (χ0) is 8.97. The van der Waals surface area contributed by atoms with Gasteiger partial charge in [-0.25, -0.2) is 4.79 Å². The van der Waals surface area contributed by atoms with E-state index in [1.807, 2.05) is 0 Å². The van der Waals surface area contributed by atoms with Gasteiger partial charge in [0.15, 0.2) is 0 Å². The Bertz CT molecular complexity index is 229. The van der Waals surface area contributed by atoms with Crippen LogP contribution in [0.3, 0.4) is 0 Å². The van der Waals surface area contributed by atoms with Crippen LogP contribution in [-0.4, -0.2) is 25.2 Å². The van der Waals surface area contributed by atoms with Crippen LogP contribution in [0.25, 0.3) is 0 Å². The van der Waals surface area contributed by atoms with Gasteiger partial charge in [0.2, 0.25) is 0 Å². The minimum Gasteiger partial charge on any atom is -0.466 e. The lowest BCUT2D eigenvalue weighted by Crippen LogP contribution is -2.05. The van der Waals surface area contributed by atoms with E-state index >= 15 is 0 Å². The molecule has 66 valence electrons. The number of carbonyl (C=O) groups is 2. The fourth-order valence-electron chi connectivity index (χ4n) is 0.903. The first-order chi connectivity index (χ1) is 5.70. The van der Waals surface area contributed by atoms with Gasteiger partial charge >= 0.3 is 11.9 Å². The summed E-state index contributed by atoms with van der Waals surface area (Å²) in [5, 5.41) is 0. The molecular formula is C8H10O4. The van der Waals surface area contributed by atoms with Crippen LogP contribution in [0.15, 0.2) is 11.6 Å². The molecule has 0 saturated heterocycles. The number of carbonyl (C=O) groups excluding carboxylic acids is 2. The lowest BCUT2D eigenvalue weighted by Gasteiger charge is -2.00. The SMILES string of the molecule is CC(=O)OCCC1=CCOC1=O. The zero-order valence-electron chi connectivity index (χ0n) is 6.83. The summed E-state index contributed by atoms with van der Waals surface area (Å²) in [4.78, 5) is 21.2. The number of cyclic esters (lactones) is 1. The molecule has 4 nitrogen and oxygen atoms in total. The van der Waals surface area contributed by atoms with Crippen LogP contribution in [0, 0.1) is 0 Å². The van der Waals surface area contributed by atoms with Crippen molar-refractivity contribution in [2.45, 2.75) is 13.3 Å². The Morgan fingerprint density at radius 2 is 2.50 bits per heavy atom. The van der Waals surface area contributed by atoms with E-state index in [0.29, 0.717) is 18.6 Å². The maximum atomic E-state index is 10.8. The second kappa shape index (κ2) is 3.90. The van der Waals surface area contributed by atoms with E-state index in [0.717, 1.165) is 0 Å². The molecule has 12 heavy (non-hydrogen) atoms. The molecule has 1 heterocycles. The van der Waals surface area contributed by atoms with Crippen LogP contribution >= 0.6 is 0 Å². The van der Waals surface area contributed by atoms with Crippen molar-refractivity contribution < 1.29 is 19.1 Å². The molecule has 4 heteroatoms. The number of rotatable bonds is 3. The van der Waals surface area contributed by atoms with Crippen molar-refractivity contribution in [3.8, 4) is 0 Å². The molecule has 0 bridgehead atoms. The van der Waals surface area contributed by atoms with Crippen molar-refractivity contribution in [2.75, 3.05) is 13.2 Å². The Hall–Kier alpha value is -1.32. The molecule has 0 atom stereocenters. The molecule has 1 aliphatic rings. The van der Waals surface area contributed by atoms with Gasteiger partial charge in [0, 0.05) is 18.9 Å². The summed E-state index contributed by atoms with van der Waals surface area (Å²) in [5.74, 6) is -0.635. The topological polar surface area (TPSA) is 52.6 Å². The minimum atomic E-state index is -0.332. The van der Waals surface area contributed by atoms with Crippen LogP contribution in [0.4, 0.5) is 0 Å². The monoisotopic (exact) mass is 170 g/mol. The Labute approximate surface area is 70.1 Å². The zero-order valence-corrected chi connectivity index (χ0v) is 6.83. The van der Waals surface area contributed by atoms with Crippen LogP contribution < -0.4 is 0 Å². The van der Waals surface area contributed by atoms with Gasteiger partial charge in [-0.3, -0.25) is 4.79 Å². The van der Waals surface area contributed by atoms with Gasteiger partial charge in [-0.1, -0.05) is 0 Å². The molecule has 0 radical (unpaired) electrons. The van der Waals surface area contributed by atoms with Gasteiger partial charge in [-0.2, -0.15) is 0 Å². The van der Waals surface area contributed by atoms with Gasteiger partial charge in [0.05, 0.1) is 6.61 Å². The second-order valence-corrected chi connectivity index (χ2v) is 2.42. The summed E-state index contributed by atoms with van der Waals surface area (Å²) in [6.45, 7) is 1.92. The third-order valence-corrected chi connectivity index (χ3v) is 1.48. The predicted octanol–water partition coefficient (Wildman–Crippen LogP) is 0.423. The van der Waals surface area contributed by atoms with E-state index < -0.39 is 0 Å². The first-order valence-electron chi connectivity index (χ1n) is 3.69. The van der Waals surface area contributed by atoms with Crippen molar-refractivity contribution in [1.82, 2.24) is 0 Å². The fraction of sp³-hybridized carbons (Fsp3) is 0.500. The van der Waals surface area contributed by atoms with Crippen LogP contribution in [-0.2, 0) is 19.1 Å². The first-order valence-corrected chi connectivity index (χ1v) is 3.69. The molecule has 0 aromatic carbocycles. The summed E-state index contributed by atoms with van der Waals surface area (Å²) in [6, 6.07) is 0. The van der Waals surface area contributed by atoms with Crippen molar-refractivity contribution in [3.05, 3.63) is 11.6 Å². The molecular weight excluding hydrogens is 160 g/mol. The molecule has 0 aromatic heterocycles. The number of esters is 2. The van der Waals surface area contributed by atoms with E-state index in [9.17, 15) is 9.59 Å². The highest BCUT2D eigenvalue weighted by atomic mass is 16.5. The predicted molar refractivity (Wildman–Crippen MR) is 40.3 cm³/mol. The third-order valence-electron chi connectivity index (χ3n) is 1.48. The largest absolute Gasteiger partial charge is 0.466 e. The van der Waals surface area contributed by atoms with Gasteiger partial charge in [0.25, 0.3) is 0 Å². The van der Waals surface area contributed by atoms with E-state index in [-0.39, 0.29) is 18.5 Å². The normalized spacial score (nSPS) is 15.4. The van der Waals surface area contributed by atoms with Gasteiger partial charge in [-0.05, 0) is 6.08 Å². The van der Waals surface area contributed by atoms with Crippen molar-refractivity contribution in [2.24, 2.45) is 0 Å². The molecule has 0 unspecified atom stereocenters. The minimum absolute atomic E-state index is 0.246. The summed E-state index contributed by atoms with van der Waals surface area (Å²) in [6.07, 6.45) is 2.14. The smallest absolute Gasteiger partial charge is 0.334 e. The maximum Gasteiger partial charge on any atom is 0.334 e. The first kappa shape index (κ1) is 8.77. The molecule has 0 N–H and O–H groups in total. The van der Waals surface area contributed by atoms with Crippen molar-refractivity contribution in [3.63, 3.8) is 0 Å². The Balaban J connectivity index is 2.23. The Kier molecular flexibility index (Phi) is 2.85. The lowest BCUT2D eigenvalue weighted by molar-refractivity contribution is -0.142. The average molecular weight is 170 g/mol. The second-order valence-electron chi connectivity index (χ2n) is 2.42. The molecule has 0 aromatic rings. The molecule has 0 fully saturated rings. The van der Waals surface area contributed by atoms with E-state index in [1.54, 1.807) is 6.08 Å². The van der Waals surface area contributed by atoms with E-state index in [4.69, 9.17) is 0 Å². The van der Waals surface area contributed by atoms with Gasteiger partial charge in [-0.15, -0.1) is 0 Å². The van der Waals surface area contributed by atoms with Crippen LogP contribution in [0.1, 0.15) is 13.3 Å². The molecule has 0 aliphatic carbocycles. The highest BCUT2D eigenvalue weighted by Crippen LogP contribution is 2.10. The highest BCUT2D eigenvalue weighted by molar-refractivity contribution is 5.90. The van der Waals surface area contributed by atoms with Crippen LogP contribution in [0.5, 0.6) is 0 Å². The summed E-state index contributed by atoms with van der Waals surface area (Å²) in [5.41, 5.74) is 0.594. The van der Waals surface area contributed by atoms with Crippen LogP contribution in [0.2, 0.25) is 0 Å². The third kappa shape index (κ3) is 2.38. The highest BCUT2D eigenvalue weighted by Gasteiger charge is 2.15. The number of hydrogen-bond donors (Lipinski definition) is 0. The van der Waals surface area contributed by atoms with Gasteiger partial charge < -0.3 is 9.47 Å². The lowest BCUT2D eigenvalue weighted by atomic mass is 10.2. The van der Waals surface area contributed by atoms with Crippen molar-refractivity contribution >= 4 is 11.9 Å². The Morgan fingerprint density at radius 1 is 1.75 bits per heavy atom. The number of hydrogen-bond acceptors (Lipinski definition) is 4. The van der Waals surface area contributed by atoms with E-state index in [2.05, 4.69) is 9.47 Å². The quantitative estimate of drug-likeness (QED) is 0.576. The average Bonchev–Trinajstić information content (AvgIpc) is 2.36. The van der Waals surface area contributed by atoms with E-state index in [1.165, 1.54) is 6.92 Å². The fourth-order valence-corrected chi connectivity index (χ4v) is 0.903. The number of ether oxygens (including phenoxy) is 2. The molecule has 0 spiro atoms. The molecule has 0 amide bonds. The molecule has 1 aliphatic heterocycles. The summed E-state index contributed by atoms with van der Waals surface area (Å²) >= 11 is 0. The summed E-state index contributed by atoms with van der Waals surface area (Å²) in [7, 11) is 0. The maximum absolute atomic E-state index is 10.8. The van der Waals surface area contributed by atoms with Gasteiger partial charge in [0.1, 0.15) is 6.61 Å².